The number of carbonyl (C=O) groups excluding carboxylic acids is 3. The van der Waals surface area contributed by atoms with Crippen molar-refractivity contribution in [1.29, 1.82) is 0 Å². The van der Waals surface area contributed by atoms with Crippen LogP contribution in [0.2, 0.25) is 0 Å². The van der Waals surface area contributed by atoms with Crippen LogP contribution in [0.4, 0.5) is 4.79 Å². The van der Waals surface area contributed by atoms with Crippen molar-refractivity contribution in [1.82, 2.24) is 4.90 Å². The van der Waals surface area contributed by atoms with Crippen LogP contribution in [-0.4, -0.2) is 59.6 Å². The first-order valence-corrected chi connectivity index (χ1v) is 7.54. The molecule has 0 bridgehead atoms. The van der Waals surface area contributed by atoms with Gasteiger partial charge in [0.05, 0.1) is 6.61 Å². The Kier molecular flexibility index (Phi) is 3.38. The van der Waals surface area contributed by atoms with Crippen molar-refractivity contribution in [2.75, 3.05) is 13.2 Å². The molecular weight excluding hydrogens is 306 g/mol. The van der Waals surface area contributed by atoms with Gasteiger partial charge in [-0.25, -0.2) is 9.69 Å². The first kappa shape index (κ1) is 16.4. The van der Waals surface area contributed by atoms with E-state index in [4.69, 9.17) is 18.9 Å². The Labute approximate surface area is 134 Å². The normalized spacial score (nSPS) is 36.3. The highest BCUT2D eigenvalue weighted by Gasteiger charge is 2.64. The Hall–Kier alpha value is -1.51. The average Bonchev–Trinajstić information content (AvgIpc) is 2.90. The SMILES string of the molecule is CC1(C)O[C@@H]2CO[C@]3(CN(C(=O)C(C)(C)C)C(=O)O3)C(=O)[C@@H]2O1. The summed E-state index contributed by atoms with van der Waals surface area (Å²) in [6.45, 7) is 8.22. The third-order valence-corrected chi connectivity index (χ3v) is 4.02. The maximum Gasteiger partial charge on any atom is 0.419 e. The molecule has 0 aromatic carbocycles. The minimum absolute atomic E-state index is 0.0463. The number of hydrogen-bond donors (Lipinski definition) is 0. The van der Waals surface area contributed by atoms with Gasteiger partial charge in [-0.15, -0.1) is 0 Å². The molecule has 0 N–H and O–H groups in total. The van der Waals surface area contributed by atoms with Gasteiger partial charge in [-0.1, -0.05) is 20.8 Å². The molecule has 3 atom stereocenters. The fraction of sp³-hybridized carbons (Fsp3) is 0.800. The molecule has 3 heterocycles. The van der Waals surface area contributed by atoms with Gasteiger partial charge in [0.2, 0.25) is 11.7 Å². The summed E-state index contributed by atoms with van der Waals surface area (Å²) in [5.74, 6) is -3.68. The number of amides is 2. The van der Waals surface area contributed by atoms with Crippen molar-refractivity contribution in [3.63, 3.8) is 0 Å². The molecule has 3 fully saturated rings. The van der Waals surface area contributed by atoms with E-state index in [1.165, 1.54) is 0 Å². The Morgan fingerprint density at radius 2 is 1.87 bits per heavy atom. The van der Waals surface area contributed by atoms with E-state index in [-0.39, 0.29) is 13.2 Å². The summed E-state index contributed by atoms with van der Waals surface area (Å²) in [6.07, 6.45) is -2.31. The minimum Gasteiger partial charge on any atom is -0.406 e. The molecule has 0 aliphatic carbocycles. The van der Waals surface area contributed by atoms with Gasteiger partial charge in [0, 0.05) is 5.41 Å². The monoisotopic (exact) mass is 327 g/mol. The number of carbonyl (C=O) groups is 3. The summed E-state index contributed by atoms with van der Waals surface area (Å²) in [5, 5.41) is 0. The van der Waals surface area contributed by atoms with Gasteiger partial charge in [-0.2, -0.15) is 0 Å². The molecule has 0 aromatic heterocycles. The highest BCUT2D eigenvalue weighted by atomic mass is 16.8. The molecule has 8 nitrogen and oxygen atoms in total. The number of Topliss-reactive ketones (excluding diaryl/α,β-unsaturated/α-hetero) is 1. The lowest BCUT2D eigenvalue weighted by Gasteiger charge is -2.34. The summed E-state index contributed by atoms with van der Waals surface area (Å²) in [4.78, 5) is 38.1. The van der Waals surface area contributed by atoms with Gasteiger partial charge in [0.15, 0.2) is 11.9 Å². The van der Waals surface area contributed by atoms with Gasteiger partial charge in [0.1, 0.15) is 12.6 Å². The second-order valence-electron chi connectivity index (χ2n) is 7.53. The Morgan fingerprint density at radius 1 is 1.22 bits per heavy atom. The zero-order valence-electron chi connectivity index (χ0n) is 13.9. The quantitative estimate of drug-likeness (QED) is 0.650. The number of imide groups is 1. The third kappa shape index (κ3) is 2.54. The number of rotatable bonds is 0. The third-order valence-electron chi connectivity index (χ3n) is 4.02. The summed E-state index contributed by atoms with van der Waals surface area (Å²) < 4.78 is 21.9. The minimum atomic E-state index is -1.80. The molecule has 23 heavy (non-hydrogen) atoms. The van der Waals surface area contributed by atoms with E-state index in [0.717, 1.165) is 4.90 Å². The van der Waals surface area contributed by atoms with Crippen LogP contribution in [0, 0.1) is 5.41 Å². The standard InChI is InChI=1S/C15H21NO7/c1-13(2,3)11(18)16-7-15(23-12(16)19)10(17)9-8(6-20-15)21-14(4,5)22-9/h8-9H,6-7H2,1-5H3/t8-,9-,15+/m1/s1. The van der Waals surface area contributed by atoms with Crippen LogP contribution in [0.25, 0.3) is 0 Å². The van der Waals surface area contributed by atoms with Gasteiger partial charge in [-0.05, 0) is 13.8 Å². The van der Waals surface area contributed by atoms with Crippen LogP contribution < -0.4 is 0 Å². The maximum atomic E-state index is 12.7. The fourth-order valence-corrected chi connectivity index (χ4v) is 2.95. The molecular formula is C15H21NO7. The molecule has 0 aromatic rings. The Balaban J connectivity index is 1.83. The first-order chi connectivity index (χ1) is 10.5. The molecule has 1 spiro atoms. The second-order valence-corrected chi connectivity index (χ2v) is 7.53. The molecule has 3 rings (SSSR count). The van der Waals surface area contributed by atoms with Gasteiger partial charge >= 0.3 is 6.09 Å². The van der Waals surface area contributed by atoms with Crippen LogP contribution in [-0.2, 0) is 28.5 Å². The van der Waals surface area contributed by atoms with E-state index in [2.05, 4.69) is 0 Å². The number of fused-ring (bicyclic) bond motifs is 1. The van der Waals surface area contributed by atoms with E-state index in [1.54, 1.807) is 34.6 Å². The molecule has 128 valence electrons. The average molecular weight is 327 g/mol. The highest BCUT2D eigenvalue weighted by Crippen LogP contribution is 2.39. The predicted molar refractivity (Wildman–Crippen MR) is 75.2 cm³/mol. The van der Waals surface area contributed by atoms with E-state index < -0.39 is 47.0 Å². The summed E-state index contributed by atoms with van der Waals surface area (Å²) in [6, 6.07) is 0. The Bertz CT molecular complexity index is 579. The van der Waals surface area contributed by atoms with Crippen LogP contribution in [0.3, 0.4) is 0 Å². The van der Waals surface area contributed by atoms with E-state index in [9.17, 15) is 14.4 Å². The Morgan fingerprint density at radius 3 is 2.48 bits per heavy atom. The second kappa shape index (κ2) is 4.75. The fourth-order valence-electron chi connectivity index (χ4n) is 2.95. The predicted octanol–water partition coefficient (Wildman–Crippen LogP) is 0.827. The molecule has 0 unspecified atom stereocenters. The van der Waals surface area contributed by atoms with E-state index >= 15 is 0 Å². The van der Waals surface area contributed by atoms with Crippen molar-refractivity contribution in [2.45, 2.75) is 58.4 Å². The molecule has 3 saturated heterocycles. The smallest absolute Gasteiger partial charge is 0.406 e. The largest absolute Gasteiger partial charge is 0.419 e. The van der Waals surface area contributed by atoms with E-state index in [0.29, 0.717) is 0 Å². The zero-order chi connectivity index (χ0) is 17.2. The van der Waals surface area contributed by atoms with Crippen molar-refractivity contribution in [2.24, 2.45) is 5.41 Å². The molecule has 3 aliphatic heterocycles. The summed E-state index contributed by atoms with van der Waals surface area (Å²) >= 11 is 0. The van der Waals surface area contributed by atoms with Crippen LogP contribution >= 0.6 is 0 Å². The van der Waals surface area contributed by atoms with Crippen molar-refractivity contribution in [3.8, 4) is 0 Å². The number of hydrogen-bond acceptors (Lipinski definition) is 7. The lowest BCUT2D eigenvalue weighted by molar-refractivity contribution is -0.219. The number of ether oxygens (including phenoxy) is 4. The number of nitrogens with zero attached hydrogens (tertiary/aromatic N) is 1. The van der Waals surface area contributed by atoms with Gasteiger partial charge < -0.3 is 18.9 Å². The van der Waals surface area contributed by atoms with Crippen molar-refractivity contribution >= 4 is 17.8 Å². The number of ketones is 1. The van der Waals surface area contributed by atoms with E-state index in [1.807, 2.05) is 0 Å². The van der Waals surface area contributed by atoms with Crippen molar-refractivity contribution in [3.05, 3.63) is 0 Å². The van der Waals surface area contributed by atoms with Crippen LogP contribution in [0.15, 0.2) is 0 Å². The van der Waals surface area contributed by atoms with Gasteiger partial charge in [0.25, 0.3) is 5.79 Å². The molecule has 8 heteroatoms. The zero-order valence-corrected chi connectivity index (χ0v) is 13.9. The highest BCUT2D eigenvalue weighted by molar-refractivity contribution is 6.01. The first-order valence-electron chi connectivity index (χ1n) is 7.54. The molecule has 0 saturated carbocycles. The maximum absolute atomic E-state index is 12.7. The molecule has 2 amide bonds. The topological polar surface area (TPSA) is 91.4 Å². The van der Waals surface area contributed by atoms with Crippen LogP contribution in [0.1, 0.15) is 34.6 Å². The van der Waals surface area contributed by atoms with Crippen LogP contribution in [0.5, 0.6) is 0 Å². The van der Waals surface area contributed by atoms with Crippen molar-refractivity contribution < 1.29 is 33.3 Å². The molecule has 0 radical (unpaired) electrons. The summed E-state index contributed by atoms with van der Waals surface area (Å²) in [7, 11) is 0. The summed E-state index contributed by atoms with van der Waals surface area (Å²) in [5.41, 5.74) is -0.778. The lowest BCUT2D eigenvalue weighted by atomic mass is 9.94. The lowest BCUT2D eigenvalue weighted by Crippen LogP contribution is -2.59. The van der Waals surface area contributed by atoms with Gasteiger partial charge in [-0.3, -0.25) is 9.59 Å². The molecule has 3 aliphatic rings.